The van der Waals surface area contributed by atoms with Crippen LogP contribution in [-0.2, 0) is 23.1 Å². The number of likely N-dealkylation sites (tertiary alicyclic amines) is 1. The monoisotopic (exact) mass is 509 g/mol. The Bertz CT molecular complexity index is 673. The van der Waals surface area contributed by atoms with Crippen molar-refractivity contribution in [2.75, 3.05) is 39.0 Å². The first-order valence-electron chi connectivity index (χ1n) is 9.23. The zero-order chi connectivity index (χ0) is 18.8. The summed E-state index contributed by atoms with van der Waals surface area (Å²) in [5.74, 6) is 0.684. The molecule has 1 saturated heterocycles. The Hall–Kier alpha value is -0.910. The molecule has 1 aromatic rings. The molecule has 0 saturated carbocycles. The standard InChI is InChI=1S/C18H31N5O2S.HI/c1-3-19-18(20-10-11-22-26(2,24)25)21-14-16-6-8-17(9-7-16)15-23-12-4-5-13-23;/h6-9,22H,3-5,10-15H2,1-2H3,(H2,19,20,21);1H. The number of hydrogen-bond acceptors (Lipinski definition) is 4. The first-order chi connectivity index (χ1) is 12.5. The summed E-state index contributed by atoms with van der Waals surface area (Å²) in [6.07, 6.45) is 3.78. The second-order valence-electron chi connectivity index (χ2n) is 6.59. The first kappa shape index (κ1) is 24.1. The van der Waals surface area contributed by atoms with Crippen LogP contribution >= 0.6 is 24.0 Å². The van der Waals surface area contributed by atoms with E-state index in [4.69, 9.17) is 0 Å². The number of sulfonamides is 1. The van der Waals surface area contributed by atoms with Crippen LogP contribution in [0.2, 0.25) is 0 Å². The third kappa shape index (κ3) is 10.3. The molecule has 0 bridgehead atoms. The highest BCUT2D eigenvalue weighted by Crippen LogP contribution is 2.13. The van der Waals surface area contributed by atoms with E-state index in [0.29, 0.717) is 25.6 Å². The van der Waals surface area contributed by atoms with Gasteiger partial charge in [0.2, 0.25) is 10.0 Å². The molecule has 0 atom stereocenters. The van der Waals surface area contributed by atoms with Gasteiger partial charge in [-0.15, -0.1) is 24.0 Å². The molecule has 3 N–H and O–H groups in total. The van der Waals surface area contributed by atoms with Gasteiger partial charge in [0, 0.05) is 26.2 Å². The molecule has 0 unspecified atom stereocenters. The molecular formula is C18H32IN5O2S. The van der Waals surface area contributed by atoms with Crippen LogP contribution in [0.5, 0.6) is 0 Å². The molecule has 0 radical (unpaired) electrons. The minimum Gasteiger partial charge on any atom is -0.357 e. The van der Waals surface area contributed by atoms with Crippen LogP contribution in [0.4, 0.5) is 0 Å². The van der Waals surface area contributed by atoms with Crippen LogP contribution in [0.25, 0.3) is 0 Å². The van der Waals surface area contributed by atoms with Gasteiger partial charge in [-0.2, -0.15) is 0 Å². The number of rotatable bonds is 9. The Labute approximate surface area is 180 Å². The Balaban J connectivity index is 0.00000364. The summed E-state index contributed by atoms with van der Waals surface area (Å²) in [7, 11) is -3.16. The van der Waals surface area contributed by atoms with E-state index in [1.807, 2.05) is 6.92 Å². The van der Waals surface area contributed by atoms with Gasteiger partial charge in [-0.1, -0.05) is 24.3 Å². The van der Waals surface area contributed by atoms with Crippen molar-refractivity contribution in [1.29, 1.82) is 0 Å². The van der Waals surface area contributed by atoms with Gasteiger partial charge < -0.3 is 10.6 Å². The van der Waals surface area contributed by atoms with Gasteiger partial charge in [-0.3, -0.25) is 4.90 Å². The minimum atomic E-state index is -3.16. The summed E-state index contributed by atoms with van der Waals surface area (Å²) in [4.78, 5) is 7.05. The number of nitrogens with one attached hydrogen (secondary N) is 3. The summed E-state index contributed by atoms with van der Waals surface area (Å²) >= 11 is 0. The third-order valence-corrected chi connectivity index (χ3v) is 4.90. The molecule has 1 aliphatic rings. The summed E-state index contributed by atoms with van der Waals surface area (Å²) < 4.78 is 24.6. The predicted molar refractivity (Wildman–Crippen MR) is 122 cm³/mol. The molecular weight excluding hydrogens is 477 g/mol. The molecule has 2 rings (SSSR count). The van der Waals surface area contributed by atoms with Crippen LogP contribution in [-0.4, -0.2) is 58.3 Å². The van der Waals surface area contributed by atoms with Crippen molar-refractivity contribution >= 4 is 40.0 Å². The quantitative estimate of drug-likeness (QED) is 0.203. The summed E-state index contributed by atoms with van der Waals surface area (Å²) in [5.41, 5.74) is 2.50. The molecule has 27 heavy (non-hydrogen) atoms. The molecule has 154 valence electrons. The van der Waals surface area contributed by atoms with Gasteiger partial charge in [-0.25, -0.2) is 18.1 Å². The number of guanidine groups is 1. The SMILES string of the molecule is CCNC(=NCc1ccc(CN2CCCC2)cc1)NCCNS(C)(=O)=O.I. The van der Waals surface area contributed by atoms with Crippen molar-refractivity contribution in [3.63, 3.8) is 0 Å². The van der Waals surface area contributed by atoms with E-state index < -0.39 is 10.0 Å². The third-order valence-electron chi connectivity index (χ3n) is 4.17. The molecule has 0 amide bonds. The highest BCUT2D eigenvalue weighted by molar-refractivity contribution is 14.0. The van der Waals surface area contributed by atoms with Gasteiger partial charge in [-0.05, 0) is 44.0 Å². The first-order valence-corrected chi connectivity index (χ1v) is 11.1. The number of aliphatic imine (C=N–C) groups is 1. The zero-order valence-corrected chi connectivity index (χ0v) is 19.3. The molecule has 1 heterocycles. The molecule has 0 aliphatic carbocycles. The number of halogens is 1. The van der Waals surface area contributed by atoms with Crippen LogP contribution < -0.4 is 15.4 Å². The summed E-state index contributed by atoms with van der Waals surface area (Å²) in [6.45, 7) is 7.58. The van der Waals surface area contributed by atoms with E-state index in [1.54, 1.807) is 0 Å². The maximum atomic E-state index is 11.1. The smallest absolute Gasteiger partial charge is 0.208 e. The largest absolute Gasteiger partial charge is 0.357 e. The summed E-state index contributed by atoms with van der Waals surface area (Å²) in [6, 6.07) is 8.62. The van der Waals surface area contributed by atoms with Crippen molar-refractivity contribution in [2.45, 2.75) is 32.9 Å². The average Bonchev–Trinajstić information content (AvgIpc) is 3.10. The lowest BCUT2D eigenvalue weighted by molar-refractivity contribution is 0.331. The normalized spacial score (nSPS) is 15.4. The second kappa shape index (κ2) is 12.5. The zero-order valence-electron chi connectivity index (χ0n) is 16.2. The van der Waals surface area contributed by atoms with Crippen molar-refractivity contribution in [3.8, 4) is 0 Å². The van der Waals surface area contributed by atoms with E-state index in [0.717, 1.165) is 24.9 Å². The van der Waals surface area contributed by atoms with Crippen molar-refractivity contribution < 1.29 is 8.42 Å². The predicted octanol–water partition coefficient (Wildman–Crippen LogP) is 1.50. The minimum absolute atomic E-state index is 0. The second-order valence-corrected chi connectivity index (χ2v) is 8.42. The maximum Gasteiger partial charge on any atom is 0.208 e. The average molecular weight is 509 g/mol. The van der Waals surface area contributed by atoms with E-state index >= 15 is 0 Å². The van der Waals surface area contributed by atoms with E-state index in [2.05, 4.69) is 49.5 Å². The number of benzene rings is 1. The Morgan fingerprint density at radius 2 is 1.70 bits per heavy atom. The van der Waals surface area contributed by atoms with E-state index in [-0.39, 0.29) is 24.0 Å². The number of hydrogen-bond donors (Lipinski definition) is 3. The maximum absolute atomic E-state index is 11.1. The van der Waals surface area contributed by atoms with Crippen molar-refractivity contribution in [3.05, 3.63) is 35.4 Å². The Morgan fingerprint density at radius 1 is 1.07 bits per heavy atom. The Kier molecular flexibility index (Phi) is 11.2. The molecule has 7 nitrogen and oxygen atoms in total. The van der Waals surface area contributed by atoms with Gasteiger partial charge in [0.15, 0.2) is 5.96 Å². The van der Waals surface area contributed by atoms with Gasteiger partial charge in [0.1, 0.15) is 0 Å². The fraction of sp³-hybridized carbons (Fsp3) is 0.611. The highest BCUT2D eigenvalue weighted by Gasteiger charge is 2.11. The van der Waals surface area contributed by atoms with Gasteiger partial charge >= 0.3 is 0 Å². The fourth-order valence-corrected chi connectivity index (χ4v) is 3.35. The van der Waals surface area contributed by atoms with Gasteiger partial charge in [0.05, 0.1) is 12.8 Å². The highest BCUT2D eigenvalue weighted by atomic mass is 127. The van der Waals surface area contributed by atoms with E-state index in [1.165, 1.54) is 31.5 Å². The summed E-state index contributed by atoms with van der Waals surface area (Å²) in [5, 5.41) is 6.29. The molecule has 1 fully saturated rings. The number of nitrogens with zero attached hydrogens (tertiary/aromatic N) is 2. The van der Waals surface area contributed by atoms with Crippen LogP contribution in [0.3, 0.4) is 0 Å². The topological polar surface area (TPSA) is 85.8 Å². The molecule has 1 aliphatic heterocycles. The van der Waals surface area contributed by atoms with Crippen molar-refractivity contribution in [1.82, 2.24) is 20.3 Å². The lowest BCUT2D eigenvalue weighted by Gasteiger charge is -2.14. The lowest BCUT2D eigenvalue weighted by Crippen LogP contribution is -2.41. The van der Waals surface area contributed by atoms with Crippen molar-refractivity contribution in [2.24, 2.45) is 4.99 Å². The van der Waals surface area contributed by atoms with Crippen LogP contribution in [0, 0.1) is 0 Å². The molecule has 9 heteroatoms. The molecule has 1 aromatic carbocycles. The van der Waals surface area contributed by atoms with Crippen LogP contribution in [0.1, 0.15) is 30.9 Å². The Morgan fingerprint density at radius 3 is 2.30 bits per heavy atom. The molecule has 0 spiro atoms. The van der Waals surface area contributed by atoms with E-state index in [9.17, 15) is 8.42 Å². The van der Waals surface area contributed by atoms with Crippen LogP contribution in [0.15, 0.2) is 29.3 Å². The fourth-order valence-electron chi connectivity index (χ4n) is 2.88. The van der Waals surface area contributed by atoms with Gasteiger partial charge in [0.25, 0.3) is 0 Å². The molecule has 0 aromatic heterocycles. The lowest BCUT2D eigenvalue weighted by atomic mass is 10.1.